The van der Waals surface area contributed by atoms with Crippen molar-refractivity contribution < 1.29 is 9.53 Å². The van der Waals surface area contributed by atoms with E-state index < -0.39 is 0 Å². The van der Waals surface area contributed by atoms with Crippen LogP contribution >= 0.6 is 0 Å². The molecule has 0 atom stereocenters. The standard InChI is InChI=1S/C19H21N5O2/c1-2-18(25)22-14-3-5-15(6-4-14)24-11-16-17(12-24)20-13-21-19(16)23-7-9-26-10-8-23/h2-6,11-12,20H,1,7-10,13H2,(H,22,25). The maximum Gasteiger partial charge on any atom is 0.247 e. The lowest BCUT2D eigenvalue weighted by molar-refractivity contribution is -0.111. The van der Waals surface area contributed by atoms with Crippen molar-refractivity contribution >= 4 is 23.1 Å². The summed E-state index contributed by atoms with van der Waals surface area (Å²) in [7, 11) is 0. The Morgan fingerprint density at radius 1 is 1.23 bits per heavy atom. The number of rotatable bonds is 3. The van der Waals surface area contributed by atoms with Crippen LogP contribution in [0.2, 0.25) is 0 Å². The molecule has 2 aliphatic rings. The minimum atomic E-state index is -0.218. The van der Waals surface area contributed by atoms with Gasteiger partial charge in [0.2, 0.25) is 5.91 Å². The highest BCUT2D eigenvalue weighted by Gasteiger charge is 2.23. The highest BCUT2D eigenvalue weighted by molar-refractivity contribution is 6.05. The van der Waals surface area contributed by atoms with Gasteiger partial charge >= 0.3 is 0 Å². The van der Waals surface area contributed by atoms with Gasteiger partial charge in [0.05, 0.1) is 24.5 Å². The molecule has 2 aromatic rings. The molecule has 1 amide bonds. The zero-order chi connectivity index (χ0) is 17.9. The molecule has 7 nitrogen and oxygen atoms in total. The van der Waals surface area contributed by atoms with Crippen molar-refractivity contribution in [3.8, 4) is 5.69 Å². The molecular formula is C19H21N5O2. The summed E-state index contributed by atoms with van der Waals surface area (Å²) in [4.78, 5) is 18.3. The number of carbonyl (C=O) groups excluding carboxylic acids is 1. The predicted molar refractivity (Wildman–Crippen MR) is 102 cm³/mol. The van der Waals surface area contributed by atoms with Gasteiger partial charge in [-0.05, 0) is 30.3 Å². The van der Waals surface area contributed by atoms with Crippen LogP contribution in [0.4, 0.5) is 11.4 Å². The van der Waals surface area contributed by atoms with Crippen molar-refractivity contribution in [2.75, 3.05) is 43.6 Å². The number of carbonyl (C=O) groups is 1. The van der Waals surface area contributed by atoms with Gasteiger partial charge in [0.15, 0.2) is 0 Å². The second-order valence-corrected chi connectivity index (χ2v) is 6.15. The molecule has 0 spiro atoms. The van der Waals surface area contributed by atoms with Crippen molar-refractivity contribution in [3.63, 3.8) is 0 Å². The van der Waals surface area contributed by atoms with Crippen molar-refractivity contribution in [2.45, 2.75) is 0 Å². The maximum atomic E-state index is 11.4. The number of aromatic nitrogens is 1. The summed E-state index contributed by atoms with van der Waals surface area (Å²) >= 11 is 0. The number of benzene rings is 1. The lowest BCUT2D eigenvalue weighted by Gasteiger charge is -2.31. The lowest BCUT2D eigenvalue weighted by Crippen LogP contribution is -2.42. The first-order valence-electron chi connectivity index (χ1n) is 8.62. The first-order chi connectivity index (χ1) is 12.7. The number of anilines is 2. The minimum Gasteiger partial charge on any atom is -0.378 e. The van der Waals surface area contributed by atoms with Crippen LogP contribution in [0.15, 0.2) is 54.3 Å². The Hall–Kier alpha value is -3.06. The van der Waals surface area contributed by atoms with Crippen molar-refractivity contribution in [1.82, 2.24) is 9.47 Å². The summed E-state index contributed by atoms with van der Waals surface area (Å²) in [6.07, 6.45) is 5.42. The molecule has 7 heteroatoms. The second-order valence-electron chi connectivity index (χ2n) is 6.15. The smallest absolute Gasteiger partial charge is 0.247 e. The summed E-state index contributed by atoms with van der Waals surface area (Å²) in [6.45, 7) is 7.24. The van der Waals surface area contributed by atoms with Gasteiger partial charge < -0.3 is 24.8 Å². The quantitative estimate of drug-likeness (QED) is 0.831. The summed E-state index contributed by atoms with van der Waals surface area (Å²) in [6, 6.07) is 7.69. The SMILES string of the molecule is C=CC(=O)Nc1ccc(-n2cc3c(c2)C(N2CCOCC2)=NCN3)cc1. The Bertz CT molecular complexity index is 847. The molecule has 26 heavy (non-hydrogen) atoms. The number of nitrogens with zero attached hydrogens (tertiary/aromatic N) is 3. The van der Waals surface area contributed by atoms with Gasteiger partial charge in [0.1, 0.15) is 12.5 Å². The Balaban J connectivity index is 1.58. The van der Waals surface area contributed by atoms with Gasteiger partial charge in [-0.3, -0.25) is 4.79 Å². The summed E-state index contributed by atoms with van der Waals surface area (Å²) in [5.74, 6) is 0.806. The van der Waals surface area contributed by atoms with Gasteiger partial charge in [0, 0.05) is 36.9 Å². The largest absolute Gasteiger partial charge is 0.378 e. The van der Waals surface area contributed by atoms with E-state index in [0.29, 0.717) is 6.67 Å². The van der Waals surface area contributed by atoms with E-state index in [1.54, 1.807) is 0 Å². The Morgan fingerprint density at radius 2 is 2.00 bits per heavy atom. The topological polar surface area (TPSA) is 70.9 Å². The number of aliphatic imine (C=N–C) groups is 1. The van der Waals surface area contributed by atoms with Crippen LogP contribution in [0.25, 0.3) is 5.69 Å². The van der Waals surface area contributed by atoms with Gasteiger partial charge in [-0.15, -0.1) is 0 Å². The van der Waals surface area contributed by atoms with Gasteiger partial charge in [-0.1, -0.05) is 6.58 Å². The zero-order valence-corrected chi connectivity index (χ0v) is 14.4. The maximum absolute atomic E-state index is 11.4. The number of amides is 1. The van der Waals surface area contributed by atoms with Crippen LogP contribution in [0.1, 0.15) is 5.56 Å². The van der Waals surface area contributed by atoms with Gasteiger partial charge in [-0.25, -0.2) is 4.99 Å². The third kappa shape index (κ3) is 3.21. The van der Waals surface area contributed by atoms with Crippen LogP contribution in [-0.4, -0.2) is 54.2 Å². The molecule has 1 fully saturated rings. The molecular weight excluding hydrogens is 330 g/mol. The fourth-order valence-corrected chi connectivity index (χ4v) is 3.16. The minimum absolute atomic E-state index is 0.218. The summed E-state index contributed by atoms with van der Waals surface area (Å²) < 4.78 is 7.51. The molecule has 134 valence electrons. The molecule has 2 N–H and O–H groups in total. The fraction of sp³-hybridized carbons (Fsp3) is 0.263. The Kier molecular flexibility index (Phi) is 4.45. The van der Waals surface area contributed by atoms with E-state index in [4.69, 9.17) is 4.74 Å². The van der Waals surface area contributed by atoms with E-state index >= 15 is 0 Å². The van der Waals surface area contributed by atoms with Crippen LogP contribution < -0.4 is 10.6 Å². The molecule has 4 rings (SSSR count). The fourth-order valence-electron chi connectivity index (χ4n) is 3.16. The van der Waals surface area contributed by atoms with Crippen LogP contribution in [0.3, 0.4) is 0 Å². The Labute approximate surface area is 152 Å². The number of fused-ring (bicyclic) bond motifs is 1. The normalized spacial score (nSPS) is 16.3. The average Bonchev–Trinajstić information content (AvgIpc) is 3.13. The molecule has 1 saturated heterocycles. The average molecular weight is 351 g/mol. The highest BCUT2D eigenvalue weighted by Crippen LogP contribution is 2.26. The van der Waals surface area contributed by atoms with E-state index in [-0.39, 0.29) is 5.91 Å². The number of nitrogens with one attached hydrogen (secondary N) is 2. The third-order valence-corrected chi connectivity index (χ3v) is 4.49. The van der Waals surface area contributed by atoms with Gasteiger partial charge in [0.25, 0.3) is 0 Å². The molecule has 2 aliphatic heterocycles. The van der Waals surface area contributed by atoms with Gasteiger partial charge in [-0.2, -0.15) is 0 Å². The van der Waals surface area contributed by atoms with Crippen LogP contribution in [-0.2, 0) is 9.53 Å². The third-order valence-electron chi connectivity index (χ3n) is 4.49. The summed E-state index contributed by atoms with van der Waals surface area (Å²) in [5, 5.41) is 6.09. The van der Waals surface area contributed by atoms with Crippen LogP contribution in [0.5, 0.6) is 0 Å². The molecule has 0 unspecified atom stereocenters. The first-order valence-corrected chi connectivity index (χ1v) is 8.62. The Morgan fingerprint density at radius 3 is 2.73 bits per heavy atom. The molecule has 0 bridgehead atoms. The van der Waals surface area contributed by atoms with E-state index in [2.05, 4.69) is 44.1 Å². The van der Waals surface area contributed by atoms with E-state index in [9.17, 15) is 4.79 Å². The summed E-state index contributed by atoms with van der Waals surface area (Å²) in [5.41, 5.74) is 3.93. The highest BCUT2D eigenvalue weighted by atomic mass is 16.5. The predicted octanol–water partition coefficient (Wildman–Crippen LogP) is 2.06. The number of hydrogen-bond donors (Lipinski definition) is 2. The monoisotopic (exact) mass is 351 g/mol. The second kappa shape index (κ2) is 7.05. The molecule has 3 heterocycles. The van der Waals surface area contributed by atoms with E-state index in [0.717, 1.165) is 54.8 Å². The van der Waals surface area contributed by atoms with Crippen molar-refractivity contribution in [1.29, 1.82) is 0 Å². The van der Waals surface area contributed by atoms with E-state index in [1.165, 1.54) is 6.08 Å². The number of amidine groups is 1. The molecule has 0 radical (unpaired) electrons. The molecule has 0 saturated carbocycles. The number of hydrogen-bond acceptors (Lipinski definition) is 5. The lowest BCUT2D eigenvalue weighted by atomic mass is 10.2. The van der Waals surface area contributed by atoms with Crippen LogP contribution in [0, 0.1) is 0 Å². The number of ether oxygens (including phenoxy) is 1. The van der Waals surface area contributed by atoms with E-state index in [1.807, 2.05) is 24.3 Å². The molecule has 1 aromatic heterocycles. The zero-order valence-electron chi connectivity index (χ0n) is 14.4. The van der Waals surface area contributed by atoms with Crippen molar-refractivity contribution in [2.24, 2.45) is 4.99 Å². The number of morpholine rings is 1. The molecule has 0 aliphatic carbocycles. The molecule has 1 aromatic carbocycles. The van der Waals surface area contributed by atoms with Crippen molar-refractivity contribution in [3.05, 3.63) is 54.9 Å². The first kappa shape index (κ1) is 16.4.